The molecule has 0 radical (unpaired) electrons. The Morgan fingerprint density at radius 1 is 0.775 bits per heavy atom. The molecule has 0 bridgehead atoms. The van der Waals surface area contributed by atoms with Crippen LogP contribution in [-0.2, 0) is 13.2 Å². The summed E-state index contributed by atoms with van der Waals surface area (Å²) in [5, 5.41) is 9.80. The third kappa shape index (κ3) is 14.6. The van der Waals surface area contributed by atoms with Crippen molar-refractivity contribution in [3.8, 4) is 29.3 Å². The third-order valence-electron chi connectivity index (χ3n) is 4.95. The maximum absolute atomic E-state index is 10.6. The molecular weight excluding hydrogens is 577 g/mol. The SMILES string of the molecule is CC#CC(O)c1cccc(OCc2ccccc2)c1.O=Cc1cccc(OCc2ccccc2)c1.[Br-].[C-]#CC.[Mg+2]. The van der Waals surface area contributed by atoms with Crippen molar-refractivity contribution in [3.63, 3.8) is 0 Å². The smallest absolute Gasteiger partial charge is 1.00 e. The van der Waals surface area contributed by atoms with Crippen LogP contribution >= 0.6 is 0 Å². The van der Waals surface area contributed by atoms with Crippen LogP contribution in [0.1, 0.15) is 47.0 Å². The van der Waals surface area contributed by atoms with Crippen LogP contribution in [-0.4, -0.2) is 34.4 Å². The topological polar surface area (TPSA) is 55.8 Å². The predicted molar refractivity (Wildman–Crippen MR) is 157 cm³/mol. The van der Waals surface area contributed by atoms with Crippen molar-refractivity contribution in [2.75, 3.05) is 0 Å². The van der Waals surface area contributed by atoms with E-state index in [9.17, 15) is 9.90 Å². The minimum atomic E-state index is -0.759. The summed E-state index contributed by atoms with van der Waals surface area (Å²) in [6.45, 7) is 4.28. The van der Waals surface area contributed by atoms with Gasteiger partial charge in [0.05, 0.1) is 0 Å². The van der Waals surface area contributed by atoms with Crippen LogP contribution in [0.3, 0.4) is 0 Å². The summed E-state index contributed by atoms with van der Waals surface area (Å²) in [6, 6.07) is 34.4. The molecule has 4 aromatic carbocycles. The van der Waals surface area contributed by atoms with Gasteiger partial charge in [-0.05, 0) is 54.8 Å². The van der Waals surface area contributed by atoms with Gasteiger partial charge in [0.15, 0.2) is 0 Å². The Morgan fingerprint density at radius 3 is 1.73 bits per heavy atom. The maximum atomic E-state index is 10.6. The average Bonchev–Trinajstić information content (AvgIpc) is 2.97. The average molecular weight is 608 g/mol. The fourth-order valence-electron chi connectivity index (χ4n) is 3.15. The standard InChI is InChI=1S/C17H16O2.C14H12O2.C3H3.BrH.Mg/c1-2-7-17(18)15-10-6-11-16(12-15)19-13-14-8-4-3-5-9-14;15-10-13-7-4-8-14(9-13)16-11-12-5-2-1-3-6-12;1-3-2;;/h3-6,8-12,17-18H,13H2,1H3;1-10H,11H2;1H3;1H;/q;;-1;;+2/p-1. The number of hydrogen-bond donors (Lipinski definition) is 1. The van der Waals surface area contributed by atoms with Crippen LogP contribution in [0.4, 0.5) is 0 Å². The predicted octanol–water partition coefficient (Wildman–Crippen LogP) is 3.62. The Kier molecular flexibility index (Phi) is 20.3. The van der Waals surface area contributed by atoms with Crippen LogP contribution in [0.5, 0.6) is 11.5 Å². The van der Waals surface area contributed by atoms with Crippen LogP contribution < -0.4 is 26.5 Å². The summed E-state index contributed by atoms with van der Waals surface area (Å²) in [5.41, 5.74) is 3.60. The fraction of sp³-hybridized carbons (Fsp3) is 0.147. The summed E-state index contributed by atoms with van der Waals surface area (Å²) in [5.74, 6) is 8.87. The number of benzene rings is 4. The van der Waals surface area contributed by atoms with Crippen LogP contribution in [0.15, 0.2) is 109 Å². The second-order valence-electron chi connectivity index (χ2n) is 7.86. The molecule has 1 atom stereocenters. The largest absolute Gasteiger partial charge is 2.00 e. The van der Waals surface area contributed by atoms with Gasteiger partial charge in [0, 0.05) is 5.56 Å². The number of ether oxygens (including phenoxy) is 2. The van der Waals surface area contributed by atoms with E-state index in [1.165, 1.54) is 0 Å². The van der Waals surface area contributed by atoms with E-state index >= 15 is 0 Å². The molecule has 0 spiro atoms. The van der Waals surface area contributed by atoms with Gasteiger partial charge < -0.3 is 43.9 Å². The molecule has 4 rings (SSSR count). The van der Waals surface area contributed by atoms with Crippen molar-refractivity contribution < 1.29 is 36.4 Å². The number of aldehydes is 1. The number of hydrogen-bond acceptors (Lipinski definition) is 4. The van der Waals surface area contributed by atoms with E-state index < -0.39 is 6.10 Å². The Hall–Kier alpha value is -3.52. The van der Waals surface area contributed by atoms with Gasteiger partial charge in [-0.3, -0.25) is 4.79 Å². The second kappa shape index (κ2) is 22.3. The number of halogens is 1. The molecule has 0 fully saturated rings. The quantitative estimate of drug-likeness (QED) is 0.144. The monoisotopic (exact) mass is 606 g/mol. The normalized spacial score (nSPS) is 9.45. The van der Waals surface area contributed by atoms with Gasteiger partial charge in [-0.1, -0.05) is 90.8 Å². The number of aliphatic hydroxyl groups is 1. The van der Waals surface area contributed by atoms with Gasteiger partial charge >= 0.3 is 23.1 Å². The first-order valence-electron chi connectivity index (χ1n) is 12.0. The first kappa shape index (κ1) is 36.5. The molecule has 40 heavy (non-hydrogen) atoms. The number of carbonyl (C=O) groups is 1. The zero-order chi connectivity index (χ0) is 27.4. The van der Waals surface area contributed by atoms with Crippen molar-refractivity contribution >= 4 is 29.3 Å². The first-order valence-corrected chi connectivity index (χ1v) is 12.0. The van der Waals surface area contributed by atoms with Crippen LogP contribution in [0.2, 0.25) is 0 Å². The molecule has 0 aromatic heterocycles. The molecule has 0 aliphatic heterocycles. The first-order chi connectivity index (χ1) is 18.6. The van der Waals surface area contributed by atoms with Crippen molar-refractivity contribution in [3.05, 3.63) is 138 Å². The molecular formula is C34H31BrMgO4. The summed E-state index contributed by atoms with van der Waals surface area (Å²) < 4.78 is 11.3. The maximum Gasteiger partial charge on any atom is 2.00 e. The van der Waals surface area contributed by atoms with E-state index in [0.29, 0.717) is 24.5 Å². The van der Waals surface area contributed by atoms with Crippen LogP contribution in [0.25, 0.3) is 0 Å². The molecule has 0 aliphatic rings. The van der Waals surface area contributed by atoms with Gasteiger partial charge in [0.1, 0.15) is 37.1 Å². The number of carbonyl (C=O) groups excluding carboxylic acids is 1. The molecule has 0 aliphatic carbocycles. The molecule has 6 heteroatoms. The molecule has 4 nitrogen and oxygen atoms in total. The summed E-state index contributed by atoms with van der Waals surface area (Å²) >= 11 is 0. The minimum Gasteiger partial charge on any atom is -1.00 e. The van der Waals surface area contributed by atoms with E-state index in [4.69, 9.17) is 15.9 Å². The molecule has 0 saturated carbocycles. The Morgan fingerprint density at radius 2 is 1.25 bits per heavy atom. The summed E-state index contributed by atoms with van der Waals surface area (Å²) in [7, 11) is 0. The van der Waals surface area contributed by atoms with Gasteiger partial charge in [-0.25, -0.2) is 0 Å². The van der Waals surface area contributed by atoms with Gasteiger partial charge in [0.2, 0.25) is 0 Å². The Balaban J connectivity index is 0.000000669. The summed E-state index contributed by atoms with van der Waals surface area (Å²) in [6.07, 6.45) is 6.01. The van der Waals surface area contributed by atoms with Gasteiger partial charge in [-0.2, -0.15) is 0 Å². The minimum absolute atomic E-state index is 0. The van der Waals surface area contributed by atoms with E-state index in [-0.39, 0.29) is 40.0 Å². The Bertz CT molecular complexity index is 1340. The molecule has 1 N–H and O–H groups in total. The van der Waals surface area contributed by atoms with Gasteiger partial charge in [-0.15, -0.1) is 5.92 Å². The molecule has 0 saturated heterocycles. The van der Waals surface area contributed by atoms with E-state index in [1.54, 1.807) is 26.0 Å². The van der Waals surface area contributed by atoms with E-state index in [1.807, 2.05) is 103 Å². The summed E-state index contributed by atoms with van der Waals surface area (Å²) in [4.78, 5) is 10.6. The van der Waals surface area contributed by atoms with Gasteiger partial charge in [0.25, 0.3) is 0 Å². The zero-order valence-electron chi connectivity index (χ0n) is 22.7. The molecule has 0 amide bonds. The zero-order valence-corrected chi connectivity index (χ0v) is 25.7. The van der Waals surface area contributed by atoms with Crippen molar-refractivity contribution in [2.24, 2.45) is 0 Å². The molecule has 0 heterocycles. The van der Waals surface area contributed by atoms with Crippen molar-refractivity contribution in [1.82, 2.24) is 0 Å². The Labute approximate surface area is 264 Å². The van der Waals surface area contributed by atoms with Crippen LogP contribution in [0, 0.1) is 24.2 Å². The molecule has 200 valence electrons. The van der Waals surface area contributed by atoms with Crippen molar-refractivity contribution in [2.45, 2.75) is 33.2 Å². The number of rotatable bonds is 8. The van der Waals surface area contributed by atoms with E-state index in [0.717, 1.165) is 28.7 Å². The molecule has 1 unspecified atom stereocenters. The third-order valence-corrected chi connectivity index (χ3v) is 4.95. The van der Waals surface area contributed by atoms with Crippen molar-refractivity contribution in [1.29, 1.82) is 0 Å². The molecule has 4 aromatic rings. The second-order valence-corrected chi connectivity index (χ2v) is 7.86. The fourth-order valence-corrected chi connectivity index (χ4v) is 3.15. The van der Waals surface area contributed by atoms with E-state index in [2.05, 4.69) is 11.8 Å². The number of aliphatic hydroxyl groups excluding tert-OH is 1.